The van der Waals surface area contributed by atoms with E-state index in [0.717, 1.165) is 12.8 Å². The van der Waals surface area contributed by atoms with Gasteiger partial charge in [0.15, 0.2) is 0 Å². The number of nitro benzene ring substituents is 1. The molecule has 1 saturated carbocycles. The highest BCUT2D eigenvalue weighted by atomic mass is 19.1. The standard InChI is InChI=1S/C13H14F2N2O4/c14-9-5-10(12(15)11(6-9)17(19)20)13(18)16-3-4-21-7-8-1-2-8/h5-6,8H,1-4,7H2,(H,16,18). The molecule has 0 heterocycles. The second kappa shape index (κ2) is 6.57. The van der Waals surface area contributed by atoms with Gasteiger partial charge in [0.05, 0.1) is 23.2 Å². The number of carbonyl (C=O) groups excluding carboxylic acids is 1. The molecular weight excluding hydrogens is 286 g/mol. The summed E-state index contributed by atoms with van der Waals surface area (Å²) >= 11 is 0. The number of nitro groups is 1. The molecule has 0 unspecified atom stereocenters. The Morgan fingerprint density at radius 2 is 2.14 bits per heavy atom. The van der Waals surface area contributed by atoms with Gasteiger partial charge in [-0.15, -0.1) is 0 Å². The lowest BCUT2D eigenvalue weighted by molar-refractivity contribution is -0.387. The van der Waals surface area contributed by atoms with Crippen LogP contribution in [0.2, 0.25) is 0 Å². The Morgan fingerprint density at radius 1 is 1.43 bits per heavy atom. The average Bonchev–Trinajstić information content (AvgIpc) is 3.24. The molecule has 0 radical (unpaired) electrons. The first-order chi connectivity index (χ1) is 9.99. The molecule has 21 heavy (non-hydrogen) atoms. The van der Waals surface area contributed by atoms with Crippen molar-refractivity contribution in [3.8, 4) is 0 Å². The van der Waals surface area contributed by atoms with E-state index in [-0.39, 0.29) is 13.2 Å². The van der Waals surface area contributed by atoms with Crippen molar-refractivity contribution in [3.63, 3.8) is 0 Å². The predicted molar refractivity (Wildman–Crippen MR) is 68.9 cm³/mol. The number of halogens is 2. The maximum absolute atomic E-state index is 13.7. The van der Waals surface area contributed by atoms with E-state index >= 15 is 0 Å². The van der Waals surface area contributed by atoms with Crippen LogP contribution in [-0.2, 0) is 4.74 Å². The van der Waals surface area contributed by atoms with Crippen molar-refractivity contribution >= 4 is 11.6 Å². The van der Waals surface area contributed by atoms with Gasteiger partial charge in [-0.3, -0.25) is 14.9 Å². The van der Waals surface area contributed by atoms with Gasteiger partial charge in [-0.05, 0) is 24.8 Å². The fourth-order valence-corrected chi connectivity index (χ4v) is 1.74. The quantitative estimate of drug-likeness (QED) is 0.474. The van der Waals surface area contributed by atoms with Crippen LogP contribution in [0, 0.1) is 27.7 Å². The minimum atomic E-state index is -1.35. The smallest absolute Gasteiger partial charge is 0.308 e. The number of ether oxygens (including phenoxy) is 1. The number of nitrogens with one attached hydrogen (secondary N) is 1. The Hall–Kier alpha value is -2.09. The van der Waals surface area contributed by atoms with Crippen LogP contribution in [0.3, 0.4) is 0 Å². The van der Waals surface area contributed by atoms with E-state index < -0.39 is 33.7 Å². The van der Waals surface area contributed by atoms with Crippen LogP contribution in [0.4, 0.5) is 14.5 Å². The SMILES string of the molecule is O=C(NCCOCC1CC1)c1cc(F)cc([N+](=O)[O-])c1F. The fraction of sp³-hybridized carbons (Fsp3) is 0.462. The summed E-state index contributed by atoms with van der Waals surface area (Å²) in [5.74, 6) is -2.72. The van der Waals surface area contributed by atoms with Crippen LogP contribution in [-0.4, -0.2) is 30.6 Å². The number of nitrogens with zero attached hydrogens (tertiary/aromatic N) is 1. The molecule has 2 rings (SSSR count). The molecule has 1 aliphatic rings. The maximum Gasteiger partial charge on any atom is 0.308 e. The number of amides is 1. The Kier molecular flexibility index (Phi) is 4.79. The zero-order valence-electron chi connectivity index (χ0n) is 11.1. The van der Waals surface area contributed by atoms with Crippen LogP contribution in [0.15, 0.2) is 12.1 Å². The van der Waals surface area contributed by atoms with Crippen molar-refractivity contribution < 1.29 is 23.2 Å². The topological polar surface area (TPSA) is 81.5 Å². The van der Waals surface area contributed by atoms with E-state index in [2.05, 4.69) is 5.32 Å². The molecule has 1 aromatic rings. The average molecular weight is 300 g/mol. The summed E-state index contributed by atoms with van der Waals surface area (Å²) in [6.45, 7) is 0.992. The lowest BCUT2D eigenvalue weighted by atomic mass is 10.1. The van der Waals surface area contributed by atoms with E-state index in [1.165, 1.54) is 0 Å². The van der Waals surface area contributed by atoms with Crippen molar-refractivity contribution in [2.75, 3.05) is 19.8 Å². The molecule has 1 aliphatic carbocycles. The lowest BCUT2D eigenvalue weighted by Crippen LogP contribution is -2.28. The summed E-state index contributed by atoms with van der Waals surface area (Å²) in [5.41, 5.74) is -1.76. The van der Waals surface area contributed by atoms with Crippen LogP contribution in [0.5, 0.6) is 0 Å². The minimum absolute atomic E-state index is 0.120. The van der Waals surface area contributed by atoms with E-state index in [1.54, 1.807) is 0 Å². The molecule has 0 saturated heterocycles. The van der Waals surface area contributed by atoms with Crippen LogP contribution < -0.4 is 5.32 Å². The van der Waals surface area contributed by atoms with Gasteiger partial charge in [0.2, 0.25) is 5.82 Å². The first-order valence-electron chi connectivity index (χ1n) is 6.48. The lowest BCUT2D eigenvalue weighted by Gasteiger charge is -2.07. The molecule has 1 aromatic carbocycles. The van der Waals surface area contributed by atoms with Crippen LogP contribution in [0.25, 0.3) is 0 Å². The van der Waals surface area contributed by atoms with Gasteiger partial charge in [0.25, 0.3) is 5.91 Å². The number of rotatable bonds is 7. The predicted octanol–water partition coefficient (Wildman–Crippen LogP) is 2.03. The third kappa shape index (κ3) is 4.19. The van der Waals surface area contributed by atoms with Crippen LogP contribution >= 0.6 is 0 Å². The zero-order chi connectivity index (χ0) is 15.4. The van der Waals surface area contributed by atoms with Crippen molar-refractivity contribution in [2.24, 2.45) is 5.92 Å². The molecule has 1 N–H and O–H groups in total. The summed E-state index contributed by atoms with van der Waals surface area (Å²) in [5, 5.41) is 12.9. The number of benzene rings is 1. The van der Waals surface area contributed by atoms with E-state index in [4.69, 9.17) is 4.74 Å². The third-order valence-corrected chi connectivity index (χ3v) is 3.04. The number of carbonyl (C=O) groups is 1. The van der Waals surface area contributed by atoms with Crippen molar-refractivity contribution in [1.82, 2.24) is 5.32 Å². The van der Waals surface area contributed by atoms with Crippen molar-refractivity contribution in [3.05, 3.63) is 39.4 Å². The second-order valence-corrected chi connectivity index (χ2v) is 4.82. The molecule has 1 amide bonds. The van der Waals surface area contributed by atoms with E-state index in [9.17, 15) is 23.7 Å². The monoisotopic (exact) mass is 300 g/mol. The minimum Gasteiger partial charge on any atom is -0.379 e. The van der Waals surface area contributed by atoms with Gasteiger partial charge in [0.1, 0.15) is 5.82 Å². The largest absolute Gasteiger partial charge is 0.379 e. The van der Waals surface area contributed by atoms with E-state index in [1.807, 2.05) is 0 Å². The third-order valence-electron chi connectivity index (χ3n) is 3.04. The van der Waals surface area contributed by atoms with Gasteiger partial charge < -0.3 is 10.1 Å². The normalized spacial score (nSPS) is 14.0. The maximum atomic E-state index is 13.7. The van der Waals surface area contributed by atoms with Crippen molar-refractivity contribution in [2.45, 2.75) is 12.8 Å². The first-order valence-corrected chi connectivity index (χ1v) is 6.48. The molecule has 8 heteroatoms. The highest BCUT2D eigenvalue weighted by Crippen LogP contribution is 2.28. The Bertz CT molecular complexity index is 561. The van der Waals surface area contributed by atoms with Gasteiger partial charge in [0, 0.05) is 13.2 Å². The number of hydrogen-bond donors (Lipinski definition) is 1. The summed E-state index contributed by atoms with van der Waals surface area (Å²) in [6, 6.07) is 1.06. The Balaban J connectivity index is 1.92. The second-order valence-electron chi connectivity index (χ2n) is 4.82. The van der Waals surface area contributed by atoms with Gasteiger partial charge >= 0.3 is 5.69 Å². The summed E-state index contributed by atoms with van der Waals surface area (Å²) in [7, 11) is 0. The molecule has 114 valence electrons. The van der Waals surface area contributed by atoms with Gasteiger partial charge in [-0.2, -0.15) is 4.39 Å². The molecule has 1 fully saturated rings. The molecule has 0 bridgehead atoms. The fourth-order valence-electron chi connectivity index (χ4n) is 1.74. The Labute approximate surface area is 119 Å². The molecule has 0 atom stereocenters. The highest BCUT2D eigenvalue weighted by molar-refractivity contribution is 5.95. The summed E-state index contributed by atoms with van der Waals surface area (Å²) in [4.78, 5) is 21.2. The first kappa shape index (κ1) is 15.3. The highest BCUT2D eigenvalue weighted by Gasteiger charge is 2.24. The molecule has 0 aliphatic heterocycles. The Morgan fingerprint density at radius 3 is 2.76 bits per heavy atom. The molecule has 0 aromatic heterocycles. The van der Waals surface area contributed by atoms with E-state index in [0.29, 0.717) is 24.7 Å². The zero-order valence-corrected chi connectivity index (χ0v) is 11.1. The van der Waals surface area contributed by atoms with Crippen molar-refractivity contribution in [1.29, 1.82) is 0 Å². The molecule has 6 nitrogen and oxygen atoms in total. The van der Waals surface area contributed by atoms with Crippen LogP contribution in [0.1, 0.15) is 23.2 Å². The van der Waals surface area contributed by atoms with Gasteiger partial charge in [-0.25, -0.2) is 4.39 Å². The number of hydrogen-bond acceptors (Lipinski definition) is 4. The molecule has 0 spiro atoms. The molecular formula is C13H14F2N2O4. The summed E-state index contributed by atoms with van der Waals surface area (Å²) in [6.07, 6.45) is 2.29. The van der Waals surface area contributed by atoms with Gasteiger partial charge in [-0.1, -0.05) is 0 Å². The summed E-state index contributed by atoms with van der Waals surface area (Å²) < 4.78 is 32.2.